The molecule has 0 amide bonds. The van der Waals surface area contributed by atoms with Crippen molar-refractivity contribution in [2.45, 2.75) is 19.8 Å². The summed E-state index contributed by atoms with van der Waals surface area (Å²) in [4.78, 5) is 0. The average Bonchev–Trinajstić information content (AvgIpc) is 2.08. The van der Waals surface area contributed by atoms with Crippen LogP contribution in [0, 0.1) is 11.6 Å². The van der Waals surface area contributed by atoms with Crippen molar-refractivity contribution in [2.75, 3.05) is 0 Å². The highest BCUT2D eigenvalue weighted by atomic mass is 19.2. The van der Waals surface area contributed by atoms with Crippen molar-refractivity contribution in [2.24, 2.45) is 5.73 Å². The van der Waals surface area contributed by atoms with Gasteiger partial charge < -0.3 is 5.73 Å². The summed E-state index contributed by atoms with van der Waals surface area (Å²) in [6.07, 6.45) is 0. The fourth-order valence-electron chi connectivity index (χ4n) is 1.18. The van der Waals surface area contributed by atoms with Crippen molar-refractivity contribution in [1.29, 1.82) is 0 Å². The summed E-state index contributed by atoms with van der Waals surface area (Å²) >= 11 is 0. The van der Waals surface area contributed by atoms with E-state index >= 15 is 0 Å². The topological polar surface area (TPSA) is 26.0 Å². The average molecular weight is 197 g/mol. The second kappa shape index (κ2) is 3.78. The highest BCUT2D eigenvalue weighted by Crippen LogP contribution is 2.23. The normalized spacial score (nSPS) is 10.6. The standard InChI is InChI=1S/C11H13F2N/c1-6(2)8-4-9(7(3)14)11(13)10(12)5-8/h4-6H,3,14H2,1-2H3. The Bertz CT molecular complexity index is 370. The maximum Gasteiger partial charge on any atom is 0.168 e. The van der Waals surface area contributed by atoms with Crippen molar-refractivity contribution >= 4 is 5.70 Å². The van der Waals surface area contributed by atoms with Crippen LogP contribution >= 0.6 is 0 Å². The van der Waals surface area contributed by atoms with Gasteiger partial charge in [-0.2, -0.15) is 0 Å². The largest absolute Gasteiger partial charge is 0.399 e. The van der Waals surface area contributed by atoms with Crippen molar-refractivity contribution in [3.05, 3.63) is 41.5 Å². The monoisotopic (exact) mass is 197 g/mol. The number of hydrogen-bond donors (Lipinski definition) is 1. The van der Waals surface area contributed by atoms with Gasteiger partial charge in [0.15, 0.2) is 11.6 Å². The Balaban J connectivity index is 3.35. The van der Waals surface area contributed by atoms with E-state index in [0.717, 1.165) is 0 Å². The molecule has 0 radical (unpaired) electrons. The van der Waals surface area contributed by atoms with E-state index in [0.29, 0.717) is 5.56 Å². The highest BCUT2D eigenvalue weighted by molar-refractivity contribution is 5.61. The lowest BCUT2D eigenvalue weighted by Gasteiger charge is -2.09. The molecule has 0 bridgehead atoms. The molecule has 1 aromatic carbocycles. The van der Waals surface area contributed by atoms with Crippen LogP contribution in [0.4, 0.5) is 8.78 Å². The van der Waals surface area contributed by atoms with Crippen molar-refractivity contribution in [3.63, 3.8) is 0 Å². The fourth-order valence-corrected chi connectivity index (χ4v) is 1.18. The first kappa shape index (κ1) is 10.7. The molecule has 0 unspecified atom stereocenters. The van der Waals surface area contributed by atoms with Crippen LogP contribution in [0.25, 0.3) is 5.70 Å². The van der Waals surface area contributed by atoms with Gasteiger partial charge >= 0.3 is 0 Å². The van der Waals surface area contributed by atoms with Crippen LogP contribution in [-0.4, -0.2) is 0 Å². The van der Waals surface area contributed by atoms with E-state index in [1.54, 1.807) is 0 Å². The third-order valence-electron chi connectivity index (χ3n) is 2.06. The van der Waals surface area contributed by atoms with Crippen LogP contribution in [0.5, 0.6) is 0 Å². The van der Waals surface area contributed by atoms with Gasteiger partial charge in [0.2, 0.25) is 0 Å². The van der Waals surface area contributed by atoms with Crippen LogP contribution in [-0.2, 0) is 0 Å². The summed E-state index contributed by atoms with van der Waals surface area (Å²) in [7, 11) is 0. The highest BCUT2D eigenvalue weighted by Gasteiger charge is 2.12. The molecule has 1 rings (SSSR count). The summed E-state index contributed by atoms with van der Waals surface area (Å²) in [5, 5.41) is 0. The lowest BCUT2D eigenvalue weighted by atomic mass is 9.99. The van der Waals surface area contributed by atoms with E-state index < -0.39 is 11.6 Å². The minimum Gasteiger partial charge on any atom is -0.399 e. The third kappa shape index (κ3) is 1.92. The Kier molecular flexibility index (Phi) is 2.89. The Hall–Kier alpha value is -1.38. The zero-order valence-electron chi connectivity index (χ0n) is 8.27. The van der Waals surface area contributed by atoms with Crippen LogP contribution in [0.3, 0.4) is 0 Å². The molecule has 2 N–H and O–H groups in total. The number of halogens is 2. The molecule has 0 fully saturated rings. The molecule has 1 aromatic rings. The van der Waals surface area contributed by atoms with Gasteiger partial charge in [-0.1, -0.05) is 20.4 Å². The molecule has 0 saturated heterocycles. The third-order valence-corrected chi connectivity index (χ3v) is 2.06. The molecule has 3 heteroatoms. The van der Waals surface area contributed by atoms with Crippen molar-refractivity contribution in [1.82, 2.24) is 0 Å². The Morgan fingerprint density at radius 2 is 1.93 bits per heavy atom. The molecular weight excluding hydrogens is 184 g/mol. The van der Waals surface area contributed by atoms with Gasteiger partial charge in [0.1, 0.15) is 0 Å². The van der Waals surface area contributed by atoms with E-state index in [1.807, 2.05) is 13.8 Å². The van der Waals surface area contributed by atoms with E-state index in [4.69, 9.17) is 5.73 Å². The van der Waals surface area contributed by atoms with Crippen LogP contribution in [0.2, 0.25) is 0 Å². The Labute approximate surface area is 82.2 Å². The molecular formula is C11H13F2N. The zero-order valence-corrected chi connectivity index (χ0v) is 8.27. The molecule has 1 nitrogen and oxygen atoms in total. The molecule has 76 valence electrons. The number of nitrogens with two attached hydrogens (primary N) is 1. The second-order valence-electron chi connectivity index (χ2n) is 3.54. The van der Waals surface area contributed by atoms with E-state index in [9.17, 15) is 8.78 Å². The van der Waals surface area contributed by atoms with Gasteiger partial charge in [-0.15, -0.1) is 0 Å². The van der Waals surface area contributed by atoms with Gasteiger partial charge in [-0.25, -0.2) is 8.78 Å². The predicted molar refractivity (Wildman–Crippen MR) is 53.7 cm³/mol. The maximum atomic E-state index is 13.2. The smallest absolute Gasteiger partial charge is 0.168 e. The summed E-state index contributed by atoms with van der Waals surface area (Å²) < 4.78 is 26.3. The van der Waals surface area contributed by atoms with Gasteiger partial charge in [0.25, 0.3) is 0 Å². The molecule has 14 heavy (non-hydrogen) atoms. The molecule has 0 saturated carbocycles. The van der Waals surface area contributed by atoms with E-state index in [-0.39, 0.29) is 17.2 Å². The van der Waals surface area contributed by atoms with Gasteiger partial charge in [-0.05, 0) is 23.6 Å². The maximum absolute atomic E-state index is 13.2. The second-order valence-corrected chi connectivity index (χ2v) is 3.54. The lowest BCUT2D eigenvalue weighted by molar-refractivity contribution is 0.503. The quantitative estimate of drug-likeness (QED) is 0.774. The summed E-state index contributed by atoms with van der Waals surface area (Å²) in [5.41, 5.74) is 6.16. The summed E-state index contributed by atoms with van der Waals surface area (Å²) in [6.45, 7) is 7.20. The molecule has 0 aromatic heterocycles. The first-order valence-corrected chi connectivity index (χ1v) is 4.37. The lowest BCUT2D eigenvalue weighted by Crippen LogP contribution is -2.02. The molecule has 0 aliphatic carbocycles. The minimum absolute atomic E-state index is 0.0453. The van der Waals surface area contributed by atoms with E-state index in [1.165, 1.54) is 12.1 Å². The SMILES string of the molecule is C=C(N)c1cc(C(C)C)cc(F)c1F. The fraction of sp³-hybridized carbons (Fsp3) is 0.273. The number of rotatable bonds is 2. The Morgan fingerprint density at radius 1 is 1.36 bits per heavy atom. The van der Waals surface area contributed by atoms with Gasteiger partial charge in [0.05, 0.1) is 0 Å². The minimum atomic E-state index is -0.929. The summed E-state index contributed by atoms with van der Waals surface area (Å²) in [5.74, 6) is -1.68. The molecule has 0 aliphatic heterocycles. The molecule has 0 heterocycles. The van der Waals surface area contributed by atoms with Crippen LogP contribution < -0.4 is 5.73 Å². The zero-order chi connectivity index (χ0) is 10.9. The predicted octanol–water partition coefficient (Wildman–Crippen LogP) is 3.02. The van der Waals surface area contributed by atoms with Crippen LogP contribution in [0.1, 0.15) is 30.9 Å². The van der Waals surface area contributed by atoms with E-state index in [2.05, 4.69) is 6.58 Å². The summed E-state index contributed by atoms with van der Waals surface area (Å²) in [6, 6.07) is 2.72. The van der Waals surface area contributed by atoms with Crippen molar-refractivity contribution in [3.8, 4) is 0 Å². The van der Waals surface area contributed by atoms with Crippen molar-refractivity contribution < 1.29 is 8.78 Å². The van der Waals surface area contributed by atoms with Gasteiger partial charge in [-0.3, -0.25) is 0 Å². The van der Waals surface area contributed by atoms with Crippen LogP contribution in [0.15, 0.2) is 18.7 Å². The van der Waals surface area contributed by atoms with Gasteiger partial charge in [0, 0.05) is 11.3 Å². The first-order valence-electron chi connectivity index (χ1n) is 4.37. The number of hydrogen-bond acceptors (Lipinski definition) is 1. The molecule has 0 spiro atoms. The number of benzene rings is 1. The molecule has 0 atom stereocenters. The Morgan fingerprint density at radius 3 is 2.36 bits per heavy atom. The first-order chi connectivity index (χ1) is 6.43. The molecule has 0 aliphatic rings.